The van der Waals surface area contributed by atoms with Crippen LogP contribution in [0.1, 0.15) is 18.4 Å². The van der Waals surface area contributed by atoms with E-state index in [0.29, 0.717) is 10.5 Å². The van der Waals surface area contributed by atoms with Gasteiger partial charge in [-0.05, 0) is 40.8 Å². The molecular formula is C16H18BrN3O. The molecule has 3 rings (SSSR count). The monoisotopic (exact) mass is 347 g/mol. The molecule has 1 unspecified atom stereocenters. The smallest absolute Gasteiger partial charge is 0.282 e. The topological polar surface area (TPSA) is 38.1 Å². The minimum Gasteiger partial charge on any atom is -0.366 e. The van der Waals surface area contributed by atoms with Gasteiger partial charge in [-0.3, -0.25) is 4.79 Å². The Morgan fingerprint density at radius 3 is 2.86 bits per heavy atom. The number of aryl methyl sites for hydroxylation is 1. The Morgan fingerprint density at radius 1 is 1.33 bits per heavy atom. The number of halogens is 1. The maximum atomic E-state index is 12.0. The highest BCUT2D eigenvalue weighted by molar-refractivity contribution is 9.10. The van der Waals surface area contributed by atoms with Crippen LogP contribution < -0.4 is 10.5 Å². The lowest BCUT2D eigenvalue weighted by Crippen LogP contribution is -2.33. The summed E-state index contributed by atoms with van der Waals surface area (Å²) in [6, 6.07) is 10.9. The van der Waals surface area contributed by atoms with Crippen molar-refractivity contribution >= 4 is 21.6 Å². The average molecular weight is 348 g/mol. The number of hydrogen-bond acceptors (Lipinski definition) is 3. The van der Waals surface area contributed by atoms with Gasteiger partial charge in [-0.2, -0.15) is 5.10 Å². The number of hydrogen-bond donors (Lipinski definition) is 0. The van der Waals surface area contributed by atoms with Crippen molar-refractivity contribution in [3.8, 4) is 0 Å². The van der Waals surface area contributed by atoms with Crippen LogP contribution in [0, 0.1) is 0 Å². The summed E-state index contributed by atoms with van der Waals surface area (Å²) in [4.78, 5) is 14.3. The Kier molecular flexibility index (Phi) is 4.10. The molecule has 2 heterocycles. The summed E-state index contributed by atoms with van der Waals surface area (Å²) in [5, 5.41) is 4.16. The molecular weight excluding hydrogens is 330 g/mol. The highest BCUT2D eigenvalue weighted by Gasteiger charge is 2.27. The van der Waals surface area contributed by atoms with Crippen molar-refractivity contribution in [2.45, 2.75) is 25.3 Å². The van der Waals surface area contributed by atoms with Gasteiger partial charge < -0.3 is 4.90 Å². The fourth-order valence-electron chi connectivity index (χ4n) is 2.95. The molecule has 1 saturated heterocycles. The van der Waals surface area contributed by atoms with Crippen molar-refractivity contribution in [2.24, 2.45) is 7.05 Å². The third kappa shape index (κ3) is 2.88. The van der Waals surface area contributed by atoms with E-state index < -0.39 is 0 Å². The predicted molar refractivity (Wildman–Crippen MR) is 87.7 cm³/mol. The molecule has 1 aliphatic rings. The largest absolute Gasteiger partial charge is 0.366 e. The predicted octanol–water partition coefficient (Wildman–Crippen LogP) is 2.75. The van der Waals surface area contributed by atoms with Gasteiger partial charge >= 0.3 is 0 Å². The lowest BCUT2D eigenvalue weighted by Gasteiger charge is -2.27. The molecule has 0 aliphatic carbocycles. The van der Waals surface area contributed by atoms with E-state index in [0.717, 1.165) is 31.5 Å². The van der Waals surface area contributed by atoms with E-state index in [1.54, 1.807) is 13.2 Å². The van der Waals surface area contributed by atoms with Crippen molar-refractivity contribution in [2.75, 3.05) is 11.4 Å². The number of anilines is 1. The SMILES string of the molecule is Cn1ncc(N2CCCC2Cc2ccccc2)c(Br)c1=O. The molecule has 1 fully saturated rings. The van der Waals surface area contributed by atoms with Crippen molar-refractivity contribution < 1.29 is 0 Å². The van der Waals surface area contributed by atoms with Crippen LogP contribution in [0.2, 0.25) is 0 Å². The second-order valence-electron chi connectivity index (χ2n) is 5.45. The van der Waals surface area contributed by atoms with Gasteiger partial charge in [-0.15, -0.1) is 0 Å². The van der Waals surface area contributed by atoms with Crippen molar-refractivity contribution in [3.05, 3.63) is 56.9 Å². The molecule has 4 nitrogen and oxygen atoms in total. The molecule has 0 radical (unpaired) electrons. The van der Waals surface area contributed by atoms with Crippen LogP contribution in [0.15, 0.2) is 45.8 Å². The van der Waals surface area contributed by atoms with Gasteiger partial charge in [0, 0.05) is 19.6 Å². The normalized spacial score (nSPS) is 18.2. The van der Waals surface area contributed by atoms with Gasteiger partial charge in [-0.25, -0.2) is 4.68 Å². The zero-order valence-electron chi connectivity index (χ0n) is 12.0. The molecule has 0 spiro atoms. The Bertz CT molecular complexity index is 684. The van der Waals surface area contributed by atoms with E-state index in [-0.39, 0.29) is 5.56 Å². The van der Waals surface area contributed by atoms with Crippen LogP contribution >= 0.6 is 15.9 Å². The summed E-state index contributed by atoms with van der Waals surface area (Å²) in [6.07, 6.45) is 5.09. The highest BCUT2D eigenvalue weighted by atomic mass is 79.9. The van der Waals surface area contributed by atoms with E-state index in [4.69, 9.17) is 0 Å². The standard InChI is InChI=1S/C16H18BrN3O/c1-19-16(21)15(17)14(11-18-19)20-9-5-8-13(20)10-12-6-3-2-4-7-12/h2-4,6-7,11,13H,5,8-10H2,1H3. The second-order valence-corrected chi connectivity index (χ2v) is 6.24. The molecule has 1 aromatic carbocycles. The van der Waals surface area contributed by atoms with Crippen LogP contribution in [-0.2, 0) is 13.5 Å². The minimum atomic E-state index is -0.0853. The van der Waals surface area contributed by atoms with Crippen LogP contribution in [0.5, 0.6) is 0 Å². The zero-order chi connectivity index (χ0) is 14.8. The van der Waals surface area contributed by atoms with Crippen LogP contribution in [0.4, 0.5) is 5.69 Å². The van der Waals surface area contributed by atoms with Crippen molar-refractivity contribution in [1.29, 1.82) is 0 Å². The number of benzene rings is 1. The summed E-state index contributed by atoms with van der Waals surface area (Å²) in [5.74, 6) is 0. The molecule has 1 aliphatic heterocycles. The Balaban J connectivity index is 1.88. The van der Waals surface area contributed by atoms with Gasteiger partial charge in [0.2, 0.25) is 0 Å². The molecule has 21 heavy (non-hydrogen) atoms. The van der Waals surface area contributed by atoms with Crippen LogP contribution in [-0.4, -0.2) is 22.4 Å². The van der Waals surface area contributed by atoms with E-state index in [2.05, 4.69) is 50.2 Å². The van der Waals surface area contributed by atoms with Gasteiger partial charge in [0.15, 0.2) is 0 Å². The van der Waals surface area contributed by atoms with Crippen molar-refractivity contribution in [3.63, 3.8) is 0 Å². The van der Waals surface area contributed by atoms with E-state index in [1.807, 2.05) is 6.07 Å². The molecule has 110 valence electrons. The third-order valence-electron chi connectivity index (χ3n) is 4.06. The van der Waals surface area contributed by atoms with Crippen molar-refractivity contribution in [1.82, 2.24) is 9.78 Å². The second kappa shape index (κ2) is 6.02. The fraction of sp³-hybridized carbons (Fsp3) is 0.375. The quantitative estimate of drug-likeness (QED) is 0.856. The molecule has 2 aromatic rings. The molecule has 0 bridgehead atoms. The molecule has 1 aromatic heterocycles. The maximum absolute atomic E-state index is 12.0. The summed E-state index contributed by atoms with van der Waals surface area (Å²) in [5.41, 5.74) is 2.16. The first-order valence-electron chi connectivity index (χ1n) is 7.19. The molecule has 5 heteroatoms. The number of rotatable bonds is 3. The Morgan fingerprint density at radius 2 is 2.10 bits per heavy atom. The van der Waals surface area contributed by atoms with Gasteiger partial charge in [0.05, 0.1) is 11.9 Å². The Labute approximate surface area is 132 Å². The van der Waals surface area contributed by atoms with Crippen LogP contribution in [0.25, 0.3) is 0 Å². The van der Waals surface area contributed by atoms with Crippen LogP contribution in [0.3, 0.4) is 0 Å². The first kappa shape index (κ1) is 14.3. The lowest BCUT2D eigenvalue weighted by molar-refractivity contribution is 0.650. The molecule has 0 saturated carbocycles. The first-order valence-corrected chi connectivity index (χ1v) is 7.98. The molecule has 0 amide bonds. The lowest BCUT2D eigenvalue weighted by atomic mass is 10.0. The summed E-state index contributed by atoms with van der Waals surface area (Å²) < 4.78 is 1.97. The molecule has 0 N–H and O–H groups in total. The molecule has 1 atom stereocenters. The van der Waals surface area contributed by atoms with Gasteiger partial charge in [0.25, 0.3) is 5.56 Å². The van der Waals surface area contributed by atoms with E-state index in [9.17, 15) is 4.79 Å². The fourth-order valence-corrected chi connectivity index (χ4v) is 3.54. The Hall–Kier alpha value is -1.62. The minimum absolute atomic E-state index is 0.0853. The summed E-state index contributed by atoms with van der Waals surface area (Å²) in [6.45, 7) is 0.977. The van der Waals surface area contributed by atoms with E-state index in [1.165, 1.54) is 10.2 Å². The summed E-state index contributed by atoms with van der Waals surface area (Å²) >= 11 is 3.44. The van der Waals surface area contributed by atoms with Gasteiger partial charge in [-0.1, -0.05) is 30.3 Å². The summed E-state index contributed by atoms with van der Waals surface area (Å²) in [7, 11) is 1.67. The van der Waals surface area contributed by atoms with Gasteiger partial charge in [0.1, 0.15) is 4.47 Å². The van der Waals surface area contributed by atoms with E-state index >= 15 is 0 Å². The number of aromatic nitrogens is 2. The third-order valence-corrected chi connectivity index (χ3v) is 4.81. The zero-order valence-corrected chi connectivity index (χ0v) is 13.6. The highest BCUT2D eigenvalue weighted by Crippen LogP contribution is 2.30. The number of nitrogens with zero attached hydrogens (tertiary/aromatic N) is 3. The first-order chi connectivity index (χ1) is 10.2. The maximum Gasteiger partial charge on any atom is 0.282 e. The average Bonchev–Trinajstić information content (AvgIpc) is 2.94.